The molecule has 0 bridgehead atoms. The molecular formula is C15H14F2N2O3S. The first-order valence-corrected chi connectivity index (χ1v) is 8.07. The van der Waals surface area contributed by atoms with Crippen molar-refractivity contribution in [2.24, 2.45) is 0 Å². The van der Waals surface area contributed by atoms with E-state index in [2.05, 4.69) is 10.0 Å². The molecule has 1 amide bonds. The highest BCUT2D eigenvalue weighted by Gasteiger charge is 2.16. The largest absolute Gasteiger partial charge is 0.359 e. The Morgan fingerprint density at radius 1 is 1.04 bits per heavy atom. The number of halogens is 2. The lowest BCUT2D eigenvalue weighted by molar-refractivity contribution is -0.119. The van der Waals surface area contributed by atoms with Crippen LogP contribution in [0.5, 0.6) is 0 Å². The van der Waals surface area contributed by atoms with Crippen LogP contribution in [-0.2, 0) is 21.2 Å². The van der Waals surface area contributed by atoms with Gasteiger partial charge < -0.3 is 5.32 Å². The summed E-state index contributed by atoms with van der Waals surface area (Å²) < 4.78 is 52.7. The van der Waals surface area contributed by atoms with Gasteiger partial charge in [-0.1, -0.05) is 12.1 Å². The molecule has 0 fully saturated rings. The van der Waals surface area contributed by atoms with Gasteiger partial charge in [-0.05, 0) is 29.8 Å². The van der Waals surface area contributed by atoms with Gasteiger partial charge >= 0.3 is 0 Å². The molecule has 2 rings (SSSR count). The summed E-state index contributed by atoms with van der Waals surface area (Å²) in [5, 5.41) is 2.48. The van der Waals surface area contributed by atoms with Gasteiger partial charge in [-0.2, -0.15) is 0 Å². The number of anilines is 1. The van der Waals surface area contributed by atoms with Crippen LogP contribution in [0.25, 0.3) is 0 Å². The second kappa shape index (κ2) is 6.74. The van der Waals surface area contributed by atoms with Crippen LogP contribution < -0.4 is 10.0 Å². The number of benzene rings is 2. The van der Waals surface area contributed by atoms with Crippen LogP contribution >= 0.6 is 0 Å². The maximum absolute atomic E-state index is 13.1. The molecule has 2 aromatic rings. The van der Waals surface area contributed by atoms with E-state index >= 15 is 0 Å². The highest BCUT2D eigenvalue weighted by atomic mass is 32.2. The van der Waals surface area contributed by atoms with Crippen molar-refractivity contribution in [3.05, 3.63) is 59.7 Å². The number of carbonyl (C=O) groups excluding carboxylic acids is 1. The quantitative estimate of drug-likeness (QED) is 0.875. The molecule has 0 unspecified atom stereocenters. The van der Waals surface area contributed by atoms with Crippen LogP contribution in [0, 0.1) is 11.6 Å². The molecule has 0 aliphatic heterocycles. The van der Waals surface area contributed by atoms with E-state index in [4.69, 9.17) is 0 Å². The predicted octanol–water partition coefficient (Wildman–Crippen LogP) is 2.05. The fourth-order valence-corrected chi connectivity index (χ4v) is 2.96. The number of nitrogens with one attached hydrogen (secondary N) is 2. The van der Waals surface area contributed by atoms with Crippen LogP contribution in [0.1, 0.15) is 5.56 Å². The molecular weight excluding hydrogens is 326 g/mol. The smallest absolute Gasteiger partial charge is 0.262 e. The molecule has 8 heteroatoms. The number of hydrogen-bond donors (Lipinski definition) is 2. The third-order valence-electron chi connectivity index (χ3n) is 3.00. The zero-order valence-electron chi connectivity index (χ0n) is 12.1. The van der Waals surface area contributed by atoms with Gasteiger partial charge in [0, 0.05) is 18.8 Å². The molecule has 122 valence electrons. The second-order valence-corrected chi connectivity index (χ2v) is 6.44. The van der Waals surface area contributed by atoms with Crippen molar-refractivity contribution in [1.29, 1.82) is 0 Å². The van der Waals surface area contributed by atoms with Gasteiger partial charge in [-0.3, -0.25) is 9.52 Å². The Morgan fingerprint density at radius 2 is 1.61 bits per heavy atom. The first-order valence-electron chi connectivity index (χ1n) is 6.58. The zero-order valence-corrected chi connectivity index (χ0v) is 13.0. The Hall–Kier alpha value is -2.48. The van der Waals surface area contributed by atoms with Crippen molar-refractivity contribution in [3.63, 3.8) is 0 Å². The van der Waals surface area contributed by atoms with E-state index in [0.29, 0.717) is 11.6 Å². The maximum Gasteiger partial charge on any atom is 0.262 e. The molecule has 0 saturated heterocycles. The van der Waals surface area contributed by atoms with E-state index in [1.165, 1.54) is 19.2 Å². The molecule has 0 aliphatic carbocycles. The van der Waals surface area contributed by atoms with Crippen molar-refractivity contribution < 1.29 is 22.0 Å². The van der Waals surface area contributed by atoms with Gasteiger partial charge in [0.05, 0.1) is 11.3 Å². The first-order chi connectivity index (χ1) is 10.8. The standard InChI is InChI=1S/C15H14F2N2O3S/c1-18-15(20)6-10-2-4-13(5-3-10)19-23(21,22)14-8-11(16)7-12(17)9-14/h2-5,7-9,19H,6H2,1H3,(H,18,20). The molecule has 0 radical (unpaired) electrons. The average molecular weight is 340 g/mol. The zero-order chi connectivity index (χ0) is 17.0. The van der Waals surface area contributed by atoms with E-state index in [1.54, 1.807) is 12.1 Å². The summed E-state index contributed by atoms with van der Waals surface area (Å²) in [6.07, 6.45) is 0.165. The maximum atomic E-state index is 13.1. The van der Waals surface area contributed by atoms with Crippen molar-refractivity contribution in [2.75, 3.05) is 11.8 Å². The molecule has 23 heavy (non-hydrogen) atoms. The topological polar surface area (TPSA) is 75.3 Å². The number of likely N-dealkylation sites (N-methyl/N-ethyl adjacent to an activating group) is 1. The normalized spacial score (nSPS) is 11.1. The molecule has 0 atom stereocenters. The van der Waals surface area contributed by atoms with Crippen molar-refractivity contribution in [2.45, 2.75) is 11.3 Å². The Bertz CT molecular complexity index is 801. The van der Waals surface area contributed by atoms with Gasteiger partial charge in [-0.15, -0.1) is 0 Å². The number of rotatable bonds is 5. The van der Waals surface area contributed by atoms with Crippen LogP contribution in [-0.4, -0.2) is 21.4 Å². The fraction of sp³-hybridized carbons (Fsp3) is 0.133. The van der Waals surface area contributed by atoms with Crippen LogP contribution in [0.2, 0.25) is 0 Å². The lowest BCUT2D eigenvalue weighted by atomic mass is 10.1. The van der Waals surface area contributed by atoms with Crippen molar-refractivity contribution in [1.82, 2.24) is 5.32 Å². The van der Waals surface area contributed by atoms with Crippen LogP contribution in [0.4, 0.5) is 14.5 Å². The van der Waals surface area contributed by atoms with Crippen molar-refractivity contribution in [3.8, 4) is 0 Å². The van der Waals surface area contributed by atoms with E-state index < -0.39 is 26.6 Å². The van der Waals surface area contributed by atoms with E-state index in [9.17, 15) is 22.0 Å². The minimum absolute atomic E-state index is 0.165. The third-order valence-corrected chi connectivity index (χ3v) is 4.36. The average Bonchev–Trinajstić information content (AvgIpc) is 2.48. The summed E-state index contributed by atoms with van der Waals surface area (Å²) in [6.45, 7) is 0. The number of hydrogen-bond acceptors (Lipinski definition) is 3. The lowest BCUT2D eigenvalue weighted by Crippen LogP contribution is -2.19. The van der Waals surface area contributed by atoms with Crippen LogP contribution in [0.15, 0.2) is 47.4 Å². The highest BCUT2D eigenvalue weighted by molar-refractivity contribution is 7.92. The van der Waals surface area contributed by atoms with Gasteiger partial charge in [-0.25, -0.2) is 17.2 Å². The molecule has 2 aromatic carbocycles. The minimum Gasteiger partial charge on any atom is -0.359 e. The van der Waals surface area contributed by atoms with Crippen LogP contribution in [0.3, 0.4) is 0 Å². The predicted molar refractivity (Wildman–Crippen MR) is 81.4 cm³/mol. The van der Waals surface area contributed by atoms with Gasteiger partial charge in [0.25, 0.3) is 10.0 Å². The number of amides is 1. The lowest BCUT2D eigenvalue weighted by Gasteiger charge is -2.09. The monoisotopic (exact) mass is 340 g/mol. The molecule has 2 N–H and O–H groups in total. The summed E-state index contributed by atoms with van der Waals surface area (Å²) in [5.74, 6) is -2.13. The Morgan fingerprint density at radius 3 is 2.13 bits per heavy atom. The summed E-state index contributed by atoms with van der Waals surface area (Å²) in [6, 6.07) is 8.14. The number of carbonyl (C=O) groups is 1. The molecule has 0 saturated carbocycles. The SMILES string of the molecule is CNC(=O)Cc1ccc(NS(=O)(=O)c2cc(F)cc(F)c2)cc1. The van der Waals surface area contributed by atoms with Gasteiger partial charge in [0.1, 0.15) is 11.6 Å². The van der Waals surface area contributed by atoms with Gasteiger partial charge in [0.2, 0.25) is 5.91 Å². The van der Waals surface area contributed by atoms with E-state index in [1.807, 2.05) is 0 Å². The Balaban J connectivity index is 2.19. The molecule has 0 aromatic heterocycles. The first kappa shape index (κ1) is 16.9. The second-order valence-electron chi connectivity index (χ2n) is 4.76. The van der Waals surface area contributed by atoms with Gasteiger partial charge in [0.15, 0.2) is 0 Å². The summed E-state index contributed by atoms with van der Waals surface area (Å²) >= 11 is 0. The third kappa shape index (κ3) is 4.49. The fourth-order valence-electron chi connectivity index (χ4n) is 1.86. The molecule has 0 heterocycles. The Labute approximate surface area is 132 Å². The Kier molecular flexibility index (Phi) is 4.95. The molecule has 0 spiro atoms. The van der Waals surface area contributed by atoms with E-state index in [-0.39, 0.29) is 18.0 Å². The summed E-state index contributed by atoms with van der Waals surface area (Å²) in [4.78, 5) is 10.7. The van der Waals surface area contributed by atoms with Crippen molar-refractivity contribution >= 4 is 21.6 Å². The minimum atomic E-state index is -4.11. The summed E-state index contributed by atoms with van der Waals surface area (Å²) in [5.41, 5.74) is 0.916. The number of sulfonamides is 1. The molecule has 0 aliphatic rings. The highest BCUT2D eigenvalue weighted by Crippen LogP contribution is 2.19. The summed E-state index contributed by atoms with van der Waals surface area (Å²) in [7, 11) is -2.59. The van der Waals surface area contributed by atoms with E-state index in [0.717, 1.165) is 12.1 Å². The molecule has 5 nitrogen and oxygen atoms in total.